The molecule has 0 bridgehead atoms. The molecule has 0 aliphatic rings. The number of anilines is 3. The molecule has 1 atom stereocenters. The molecule has 1 amide bonds. The number of nitrogens with one attached hydrogen (secondary N) is 3. The molecule has 4 aromatic rings. The van der Waals surface area contributed by atoms with E-state index in [0.717, 1.165) is 27.4 Å². The summed E-state index contributed by atoms with van der Waals surface area (Å²) in [5.74, 6) is 0.336. The van der Waals surface area contributed by atoms with Crippen molar-refractivity contribution < 1.29 is 9.53 Å². The average Bonchev–Trinajstić information content (AvgIpc) is 2.91. The number of thiocarbonyl (C=S) groups is 1. The zero-order chi connectivity index (χ0) is 27.1. The fourth-order valence-electron chi connectivity index (χ4n) is 3.74. The standard InChI is InChI=1S/C30H28ClN3O2S2/c1-19-12-14-22(15-13-19)32-30(37)33-23-10-7-11-24(17-23)38-28(21-8-5-4-6-9-21)29(35)34-26-16-20(2)25(31)18-27(26)36-3/h4-18,28H,1-3H3,(H,34,35)(H2,32,33,37). The van der Waals surface area contributed by atoms with Crippen molar-refractivity contribution in [2.75, 3.05) is 23.1 Å². The smallest absolute Gasteiger partial charge is 0.242 e. The van der Waals surface area contributed by atoms with Gasteiger partial charge in [0.1, 0.15) is 11.0 Å². The topological polar surface area (TPSA) is 62.4 Å². The predicted molar refractivity (Wildman–Crippen MR) is 164 cm³/mol. The van der Waals surface area contributed by atoms with Gasteiger partial charge in [-0.25, -0.2) is 0 Å². The Bertz CT molecular complexity index is 1430. The molecule has 0 aliphatic heterocycles. The second-order valence-corrected chi connectivity index (χ2v) is 10.7. The molecule has 194 valence electrons. The molecule has 8 heteroatoms. The molecule has 0 aliphatic carbocycles. The second-order valence-electron chi connectivity index (χ2n) is 8.67. The van der Waals surface area contributed by atoms with Crippen molar-refractivity contribution in [1.29, 1.82) is 0 Å². The van der Waals surface area contributed by atoms with Crippen LogP contribution in [0, 0.1) is 13.8 Å². The second kappa shape index (κ2) is 12.8. The number of thioether (sulfide) groups is 1. The molecule has 1 unspecified atom stereocenters. The first kappa shape index (κ1) is 27.5. The van der Waals surface area contributed by atoms with E-state index < -0.39 is 5.25 Å². The highest BCUT2D eigenvalue weighted by Crippen LogP contribution is 2.38. The summed E-state index contributed by atoms with van der Waals surface area (Å²) >= 11 is 13.2. The van der Waals surface area contributed by atoms with Gasteiger partial charge in [-0.15, -0.1) is 11.8 Å². The lowest BCUT2D eigenvalue weighted by Gasteiger charge is -2.19. The van der Waals surface area contributed by atoms with Crippen LogP contribution in [-0.2, 0) is 4.79 Å². The van der Waals surface area contributed by atoms with Crippen molar-refractivity contribution in [3.63, 3.8) is 0 Å². The molecular weight excluding hydrogens is 534 g/mol. The van der Waals surface area contributed by atoms with E-state index in [1.807, 2.05) is 98.8 Å². The molecule has 5 nitrogen and oxygen atoms in total. The largest absolute Gasteiger partial charge is 0.495 e. The average molecular weight is 562 g/mol. The van der Waals surface area contributed by atoms with Gasteiger partial charge < -0.3 is 20.7 Å². The predicted octanol–water partition coefficient (Wildman–Crippen LogP) is 8.25. The van der Waals surface area contributed by atoms with Crippen LogP contribution in [-0.4, -0.2) is 18.1 Å². The van der Waals surface area contributed by atoms with Crippen molar-refractivity contribution in [1.82, 2.24) is 0 Å². The van der Waals surface area contributed by atoms with Crippen LogP contribution in [0.3, 0.4) is 0 Å². The van der Waals surface area contributed by atoms with Crippen LogP contribution in [0.25, 0.3) is 0 Å². The minimum Gasteiger partial charge on any atom is -0.495 e. The third-order valence-electron chi connectivity index (χ3n) is 5.73. The number of amides is 1. The van der Waals surface area contributed by atoms with E-state index in [-0.39, 0.29) is 5.91 Å². The number of aryl methyl sites for hydroxylation is 2. The maximum Gasteiger partial charge on any atom is 0.242 e. The molecular formula is C30H28ClN3O2S2. The molecule has 4 rings (SSSR count). The van der Waals surface area contributed by atoms with Crippen molar-refractivity contribution in [2.45, 2.75) is 24.0 Å². The number of carbonyl (C=O) groups is 1. The number of hydrogen-bond acceptors (Lipinski definition) is 4. The van der Waals surface area contributed by atoms with Gasteiger partial charge in [0.2, 0.25) is 5.91 Å². The lowest BCUT2D eigenvalue weighted by molar-refractivity contribution is -0.115. The number of rotatable bonds is 8. The van der Waals surface area contributed by atoms with Gasteiger partial charge in [0.05, 0.1) is 12.8 Å². The summed E-state index contributed by atoms with van der Waals surface area (Å²) in [6.45, 7) is 3.93. The number of halogens is 1. The number of benzene rings is 4. The molecule has 0 radical (unpaired) electrons. The number of hydrogen-bond donors (Lipinski definition) is 3. The van der Waals surface area contributed by atoms with Gasteiger partial charge in [0.15, 0.2) is 5.11 Å². The Hall–Kier alpha value is -3.52. The summed E-state index contributed by atoms with van der Waals surface area (Å²) in [4.78, 5) is 14.5. The molecule has 38 heavy (non-hydrogen) atoms. The van der Waals surface area contributed by atoms with Crippen LogP contribution in [0.15, 0.2) is 95.9 Å². The van der Waals surface area contributed by atoms with E-state index in [4.69, 9.17) is 28.6 Å². The van der Waals surface area contributed by atoms with E-state index in [0.29, 0.717) is 21.6 Å². The molecule has 0 saturated heterocycles. The Balaban J connectivity index is 1.53. The Morgan fingerprint density at radius 3 is 2.29 bits per heavy atom. The molecule has 0 heterocycles. The zero-order valence-corrected chi connectivity index (χ0v) is 23.6. The van der Waals surface area contributed by atoms with Gasteiger partial charge in [-0.2, -0.15) is 0 Å². The van der Waals surface area contributed by atoms with E-state index in [9.17, 15) is 4.79 Å². The molecule has 4 aromatic carbocycles. The van der Waals surface area contributed by atoms with Crippen LogP contribution in [0.5, 0.6) is 5.75 Å². The molecule has 0 fully saturated rings. The monoisotopic (exact) mass is 561 g/mol. The maximum atomic E-state index is 13.6. The number of carbonyl (C=O) groups excluding carboxylic acids is 1. The van der Waals surface area contributed by atoms with Gasteiger partial charge >= 0.3 is 0 Å². The van der Waals surface area contributed by atoms with Crippen LogP contribution in [0.4, 0.5) is 17.1 Å². The minimum atomic E-state index is -0.509. The first-order chi connectivity index (χ1) is 18.3. The third-order valence-corrected chi connectivity index (χ3v) is 7.59. The van der Waals surface area contributed by atoms with Crippen LogP contribution < -0.4 is 20.7 Å². The summed E-state index contributed by atoms with van der Waals surface area (Å²) in [5.41, 5.74) is 5.22. The highest BCUT2D eigenvalue weighted by atomic mass is 35.5. The highest BCUT2D eigenvalue weighted by Gasteiger charge is 2.24. The Kier molecular flexibility index (Phi) is 9.29. The normalized spacial score (nSPS) is 11.4. The molecule has 0 saturated carbocycles. The van der Waals surface area contributed by atoms with Crippen molar-refractivity contribution in [3.05, 3.63) is 113 Å². The lowest BCUT2D eigenvalue weighted by atomic mass is 10.1. The van der Waals surface area contributed by atoms with Gasteiger partial charge in [-0.05, 0) is 73.6 Å². The van der Waals surface area contributed by atoms with Gasteiger partial charge in [-0.1, -0.05) is 65.7 Å². The summed E-state index contributed by atoms with van der Waals surface area (Å²) < 4.78 is 5.45. The third kappa shape index (κ3) is 7.28. The van der Waals surface area contributed by atoms with Crippen LogP contribution in [0.1, 0.15) is 21.9 Å². The van der Waals surface area contributed by atoms with Gasteiger partial charge in [0.25, 0.3) is 0 Å². The van der Waals surface area contributed by atoms with E-state index >= 15 is 0 Å². The summed E-state index contributed by atoms with van der Waals surface area (Å²) in [5, 5.41) is 10.0. The zero-order valence-electron chi connectivity index (χ0n) is 21.2. The SMILES string of the molecule is COc1cc(Cl)c(C)cc1NC(=O)C(Sc1cccc(NC(=S)Nc2ccc(C)cc2)c1)c1ccccc1. The maximum absolute atomic E-state index is 13.6. The Morgan fingerprint density at radius 2 is 1.58 bits per heavy atom. The van der Waals surface area contributed by atoms with Gasteiger partial charge in [-0.3, -0.25) is 4.79 Å². The van der Waals surface area contributed by atoms with E-state index in [1.54, 1.807) is 13.2 Å². The van der Waals surface area contributed by atoms with E-state index in [2.05, 4.69) is 16.0 Å². The first-order valence-corrected chi connectivity index (χ1v) is 13.6. The summed E-state index contributed by atoms with van der Waals surface area (Å²) in [6.07, 6.45) is 0. The lowest BCUT2D eigenvalue weighted by Crippen LogP contribution is -2.20. The Labute approximate surface area is 238 Å². The minimum absolute atomic E-state index is 0.170. The van der Waals surface area contributed by atoms with Crippen molar-refractivity contribution in [3.8, 4) is 5.75 Å². The molecule has 0 spiro atoms. The Morgan fingerprint density at radius 1 is 0.868 bits per heavy atom. The van der Waals surface area contributed by atoms with Crippen LogP contribution >= 0.6 is 35.6 Å². The first-order valence-electron chi connectivity index (χ1n) is 11.9. The summed E-state index contributed by atoms with van der Waals surface area (Å²) in [6, 6.07) is 29.0. The molecule has 3 N–H and O–H groups in total. The van der Waals surface area contributed by atoms with Crippen LogP contribution in [0.2, 0.25) is 5.02 Å². The fourth-order valence-corrected chi connectivity index (χ4v) is 5.22. The van der Waals surface area contributed by atoms with Gasteiger partial charge in [0, 0.05) is 27.4 Å². The highest BCUT2D eigenvalue weighted by molar-refractivity contribution is 8.00. The quantitative estimate of drug-likeness (QED) is 0.149. The summed E-state index contributed by atoms with van der Waals surface area (Å²) in [7, 11) is 1.55. The number of methoxy groups -OCH3 is 1. The van der Waals surface area contributed by atoms with Crippen molar-refractivity contribution in [2.24, 2.45) is 0 Å². The van der Waals surface area contributed by atoms with Crippen molar-refractivity contribution >= 4 is 63.7 Å². The fraction of sp³-hybridized carbons (Fsp3) is 0.133. The number of ether oxygens (including phenoxy) is 1. The molecule has 0 aromatic heterocycles. The van der Waals surface area contributed by atoms with E-state index in [1.165, 1.54) is 17.3 Å².